The summed E-state index contributed by atoms with van der Waals surface area (Å²) < 4.78 is 48.9. The lowest BCUT2D eigenvalue weighted by Crippen LogP contribution is -2.41. The quantitative estimate of drug-likeness (QED) is 0.427. The summed E-state index contributed by atoms with van der Waals surface area (Å²) in [6, 6.07) is 5.75. The second kappa shape index (κ2) is 9.44. The van der Waals surface area contributed by atoms with E-state index < -0.39 is 42.6 Å². The van der Waals surface area contributed by atoms with Crippen LogP contribution in [0.3, 0.4) is 0 Å². The van der Waals surface area contributed by atoms with Crippen molar-refractivity contribution in [3.05, 3.63) is 35.2 Å². The maximum absolute atomic E-state index is 15.3. The number of benzene rings is 1. The van der Waals surface area contributed by atoms with Gasteiger partial charge in [-0.3, -0.25) is 0 Å². The smallest absolute Gasteiger partial charge is 0.400 e. The van der Waals surface area contributed by atoms with E-state index in [1.807, 2.05) is 73.6 Å². The predicted octanol–water partition coefficient (Wildman–Crippen LogP) is 6.30. The zero-order valence-electron chi connectivity index (χ0n) is 24.3. The maximum atomic E-state index is 15.3. The number of nitrogens with zero attached hydrogens (tertiary/aromatic N) is 2. The third-order valence-corrected chi connectivity index (χ3v) is 9.15. The molecule has 7 nitrogen and oxygen atoms in total. The zero-order chi connectivity index (χ0) is 27.7. The summed E-state index contributed by atoms with van der Waals surface area (Å²) in [6.45, 7) is 19.0. The Labute approximate surface area is 226 Å². The van der Waals surface area contributed by atoms with E-state index in [1.165, 1.54) is 0 Å². The van der Waals surface area contributed by atoms with Crippen molar-refractivity contribution in [1.82, 2.24) is 9.78 Å². The highest BCUT2D eigenvalue weighted by molar-refractivity contribution is 6.74. The molecular weight excluding hydrogens is 485 g/mol. The largest absolute Gasteiger partial charge is 0.494 e. The van der Waals surface area contributed by atoms with Crippen LogP contribution in [0, 0.1) is 5.95 Å². The Kier molecular flexibility index (Phi) is 6.92. The summed E-state index contributed by atoms with van der Waals surface area (Å²) in [4.78, 5) is 0. The molecule has 0 spiro atoms. The van der Waals surface area contributed by atoms with Gasteiger partial charge in [0.25, 0.3) is 0 Å². The van der Waals surface area contributed by atoms with E-state index in [2.05, 4.69) is 12.0 Å². The molecule has 0 saturated carbocycles. The molecule has 3 saturated heterocycles. The fraction of sp³-hybridized carbons (Fsp3) is 0.679. The van der Waals surface area contributed by atoms with Crippen molar-refractivity contribution in [3.8, 4) is 0 Å². The topological polar surface area (TPSA) is 64.0 Å². The van der Waals surface area contributed by atoms with Crippen LogP contribution in [0.15, 0.2) is 23.7 Å². The van der Waals surface area contributed by atoms with Gasteiger partial charge in [0.1, 0.15) is 0 Å². The Morgan fingerprint density at radius 2 is 1.50 bits per heavy atom. The molecule has 0 amide bonds. The van der Waals surface area contributed by atoms with Gasteiger partial charge in [0.2, 0.25) is 5.95 Å². The van der Waals surface area contributed by atoms with Gasteiger partial charge >= 0.3 is 14.2 Å². The fourth-order valence-electron chi connectivity index (χ4n) is 5.31. The molecule has 3 aliphatic rings. The highest BCUT2D eigenvalue weighted by Crippen LogP contribution is 2.45. The molecule has 206 valence electrons. The third-order valence-electron chi connectivity index (χ3n) is 9.15. The summed E-state index contributed by atoms with van der Waals surface area (Å²) in [7, 11) is -1.26. The molecule has 2 aromatic rings. The van der Waals surface area contributed by atoms with Gasteiger partial charge < -0.3 is 23.4 Å². The Morgan fingerprint density at radius 1 is 0.921 bits per heavy atom. The van der Waals surface area contributed by atoms with E-state index >= 15 is 4.39 Å². The van der Waals surface area contributed by atoms with Gasteiger partial charge in [0.15, 0.2) is 6.23 Å². The molecule has 0 bridgehead atoms. The molecule has 0 N–H and O–H groups in total. The first-order valence-corrected chi connectivity index (χ1v) is 13.9. The van der Waals surface area contributed by atoms with Gasteiger partial charge in [-0.1, -0.05) is 13.0 Å². The summed E-state index contributed by atoms with van der Waals surface area (Å²) in [6.07, 6.45) is 3.26. The van der Waals surface area contributed by atoms with Gasteiger partial charge in [0.05, 0.1) is 33.3 Å². The molecular formula is C28H41B2FN2O5. The van der Waals surface area contributed by atoms with Crippen LogP contribution in [0.2, 0.25) is 0 Å². The van der Waals surface area contributed by atoms with Crippen LogP contribution in [0.5, 0.6) is 0 Å². The van der Waals surface area contributed by atoms with Crippen LogP contribution in [0.4, 0.5) is 4.39 Å². The van der Waals surface area contributed by atoms with Crippen LogP contribution in [-0.2, 0) is 23.4 Å². The fourth-order valence-corrected chi connectivity index (χ4v) is 5.31. The van der Waals surface area contributed by atoms with Crippen molar-refractivity contribution in [3.63, 3.8) is 0 Å². The number of hydrogen-bond acceptors (Lipinski definition) is 6. The average molecular weight is 526 g/mol. The molecule has 38 heavy (non-hydrogen) atoms. The lowest BCUT2D eigenvalue weighted by Gasteiger charge is -2.32. The standard InChI is InChI=1S/C28H41B2FN2O5/c1-10-20(29-35-25(2,3)26(4,5)36-29)23(30-37-27(6,7)28(8,9)38-30)18-14-15-21-19(17-18)24(31)32-33(21)22-13-11-12-16-34-22/h14-15,17,22H,10-13,16H2,1-9H3. The van der Waals surface area contributed by atoms with E-state index in [-0.39, 0.29) is 6.23 Å². The molecule has 1 atom stereocenters. The van der Waals surface area contributed by atoms with Crippen molar-refractivity contribution < 1.29 is 27.7 Å². The minimum Gasteiger partial charge on any atom is -0.400 e. The molecule has 1 unspecified atom stereocenters. The molecule has 0 radical (unpaired) electrons. The Bertz CT molecular complexity index is 1220. The first-order chi connectivity index (χ1) is 17.7. The number of halogens is 1. The number of aromatic nitrogens is 2. The third kappa shape index (κ3) is 4.56. The van der Waals surface area contributed by atoms with Crippen LogP contribution in [0.25, 0.3) is 16.4 Å². The normalized spacial score (nSPS) is 26.7. The molecule has 1 aromatic carbocycles. The van der Waals surface area contributed by atoms with Crippen LogP contribution in [0.1, 0.15) is 99.8 Å². The van der Waals surface area contributed by atoms with Crippen LogP contribution in [-0.4, -0.2) is 53.0 Å². The highest BCUT2D eigenvalue weighted by atomic mass is 19.1. The number of fused-ring (bicyclic) bond motifs is 1. The SMILES string of the molecule is CCC(B1OC(C)(C)C(C)(C)O1)=C(B1OC(C)(C)C(C)(C)O1)c1ccc2c(c1)c(F)nn2C1CCCCO1. The molecule has 5 rings (SSSR count). The van der Waals surface area contributed by atoms with Crippen molar-refractivity contribution in [2.45, 2.75) is 117 Å². The first-order valence-electron chi connectivity index (χ1n) is 13.9. The van der Waals surface area contributed by atoms with Gasteiger partial charge in [-0.2, -0.15) is 4.39 Å². The minimum absolute atomic E-state index is 0.254. The zero-order valence-corrected chi connectivity index (χ0v) is 24.3. The van der Waals surface area contributed by atoms with Crippen LogP contribution < -0.4 is 0 Å². The van der Waals surface area contributed by atoms with E-state index in [1.54, 1.807) is 4.68 Å². The monoisotopic (exact) mass is 526 g/mol. The summed E-state index contributed by atoms with van der Waals surface area (Å²) >= 11 is 0. The van der Waals surface area contributed by atoms with Gasteiger partial charge in [-0.15, -0.1) is 5.10 Å². The van der Waals surface area contributed by atoms with Crippen molar-refractivity contribution in [1.29, 1.82) is 0 Å². The summed E-state index contributed by atoms with van der Waals surface area (Å²) in [5, 5.41) is 4.68. The Balaban J connectivity index is 1.64. The number of allylic oxidation sites excluding steroid dienone is 1. The van der Waals surface area contributed by atoms with Gasteiger partial charge in [-0.25, -0.2) is 4.68 Å². The molecule has 4 heterocycles. The number of hydrogen-bond donors (Lipinski definition) is 0. The lowest BCUT2D eigenvalue weighted by molar-refractivity contribution is -0.0375. The molecule has 0 aliphatic carbocycles. The minimum atomic E-state index is -0.675. The van der Waals surface area contributed by atoms with E-state index in [0.717, 1.165) is 35.8 Å². The molecule has 3 fully saturated rings. The first kappa shape index (κ1) is 27.8. The average Bonchev–Trinajstić information content (AvgIpc) is 3.36. The van der Waals surface area contributed by atoms with Crippen molar-refractivity contribution in [2.24, 2.45) is 0 Å². The Morgan fingerprint density at radius 3 is 2.03 bits per heavy atom. The van der Waals surface area contributed by atoms with E-state index in [9.17, 15) is 0 Å². The summed E-state index contributed by atoms with van der Waals surface area (Å²) in [5.41, 5.74) is 1.14. The lowest BCUT2D eigenvalue weighted by atomic mass is 9.61. The van der Waals surface area contributed by atoms with Gasteiger partial charge in [-0.05, 0) is 110 Å². The second-order valence-electron chi connectivity index (χ2n) is 12.8. The molecule has 1 aromatic heterocycles. The maximum Gasteiger partial charge on any atom is 0.494 e. The predicted molar refractivity (Wildman–Crippen MR) is 148 cm³/mol. The van der Waals surface area contributed by atoms with E-state index in [4.69, 9.17) is 23.4 Å². The molecule has 10 heteroatoms. The molecule has 3 aliphatic heterocycles. The second-order valence-corrected chi connectivity index (χ2v) is 12.8. The van der Waals surface area contributed by atoms with E-state index in [0.29, 0.717) is 23.9 Å². The van der Waals surface area contributed by atoms with Crippen molar-refractivity contribution >= 4 is 30.6 Å². The Hall–Kier alpha value is -1.71. The number of ether oxygens (including phenoxy) is 1. The van der Waals surface area contributed by atoms with Gasteiger partial charge in [0, 0.05) is 6.61 Å². The van der Waals surface area contributed by atoms with Crippen molar-refractivity contribution in [2.75, 3.05) is 6.61 Å². The van der Waals surface area contributed by atoms with Crippen LogP contribution >= 0.6 is 0 Å². The highest BCUT2D eigenvalue weighted by Gasteiger charge is 2.56. The number of rotatable bonds is 5. The summed E-state index contributed by atoms with van der Waals surface area (Å²) in [5.74, 6) is -0.516.